The number of rotatable bonds is 3. The van der Waals surface area contributed by atoms with Crippen LogP contribution in [0, 0.1) is 5.82 Å². The maximum absolute atomic E-state index is 14.1. The summed E-state index contributed by atoms with van der Waals surface area (Å²) in [6, 6.07) is 4.28. The highest BCUT2D eigenvalue weighted by Crippen LogP contribution is 2.44. The molecule has 3 amide bonds. The first-order valence-electron chi connectivity index (χ1n) is 8.00. The molecular formula is C18H14ClFN2O5S. The molecule has 10 heteroatoms. The van der Waals surface area contributed by atoms with E-state index in [0.717, 1.165) is 12.1 Å². The third-order valence-electron chi connectivity index (χ3n) is 3.68. The second-order valence-corrected chi connectivity index (χ2v) is 7.32. The summed E-state index contributed by atoms with van der Waals surface area (Å²) in [5.41, 5.74) is 5.13. The normalized spacial score (nSPS) is 14.9. The number of hydrogen-bond donors (Lipinski definition) is 1. The molecule has 0 bridgehead atoms. The Morgan fingerprint density at radius 2 is 2.04 bits per heavy atom. The van der Waals surface area contributed by atoms with E-state index in [0.29, 0.717) is 9.78 Å². The third-order valence-corrected chi connectivity index (χ3v) is 4.83. The fourth-order valence-electron chi connectivity index (χ4n) is 2.63. The molecule has 0 atom stereocenters. The summed E-state index contributed by atoms with van der Waals surface area (Å²) in [4.78, 5) is 37.9. The number of nitrogens with two attached hydrogens (primary N) is 1. The Labute approximate surface area is 168 Å². The van der Waals surface area contributed by atoms with E-state index in [9.17, 15) is 18.8 Å². The van der Waals surface area contributed by atoms with Gasteiger partial charge in [0, 0.05) is 5.56 Å². The van der Waals surface area contributed by atoms with Crippen LogP contribution in [-0.4, -0.2) is 24.2 Å². The lowest BCUT2D eigenvalue weighted by molar-refractivity contribution is -0.112. The molecule has 28 heavy (non-hydrogen) atoms. The molecule has 1 aliphatic rings. The van der Waals surface area contributed by atoms with E-state index in [4.69, 9.17) is 26.8 Å². The van der Waals surface area contributed by atoms with Gasteiger partial charge in [-0.2, -0.15) is 0 Å². The van der Waals surface area contributed by atoms with Gasteiger partial charge in [0.05, 0.1) is 27.3 Å². The number of fused-ring (bicyclic) bond motifs is 1. The number of thiophene rings is 1. The largest absolute Gasteiger partial charge is 0.514 e. The van der Waals surface area contributed by atoms with E-state index in [1.165, 1.54) is 11.3 Å². The van der Waals surface area contributed by atoms with Crippen molar-refractivity contribution in [2.45, 2.75) is 20.0 Å². The summed E-state index contributed by atoms with van der Waals surface area (Å²) < 4.78 is 24.4. The predicted octanol–water partition coefficient (Wildman–Crippen LogP) is 4.40. The fraction of sp³-hybridized carbons (Fsp3) is 0.167. The average Bonchev–Trinajstić information content (AvgIpc) is 3.19. The minimum atomic E-state index is -1.08. The molecule has 3 rings (SSSR count). The Morgan fingerprint density at radius 1 is 1.32 bits per heavy atom. The second-order valence-electron chi connectivity index (χ2n) is 5.96. The summed E-state index contributed by atoms with van der Waals surface area (Å²) in [6.07, 6.45) is -1.51. The highest BCUT2D eigenvalue weighted by atomic mass is 35.5. The number of primary amides is 1. The van der Waals surface area contributed by atoms with Gasteiger partial charge in [-0.3, -0.25) is 4.79 Å². The summed E-state index contributed by atoms with van der Waals surface area (Å²) in [5, 5.41) is 1.40. The zero-order valence-corrected chi connectivity index (χ0v) is 16.3. The van der Waals surface area contributed by atoms with Crippen LogP contribution in [0.3, 0.4) is 0 Å². The molecule has 0 aliphatic carbocycles. The molecule has 7 nitrogen and oxygen atoms in total. The molecule has 1 aromatic carbocycles. The molecule has 0 spiro atoms. The number of carbonyl (C=O) groups is 3. The molecule has 2 N–H and O–H groups in total. The number of carbonyl (C=O) groups excluding carboxylic acids is 3. The molecule has 1 aliphatic heterocycles. The summed E-state index contributed by atoms with van der Waals surface area (Å²) in [6.45, 7) is 3.25. The van der Waals surface area contributed by atoms with E-state index in [1.807, 2.05) is 0 Å². The molecular weight excluding hydrogens is 411 g/mol. The highest BCUT2D eigenvalue weighted by Gasteiger charge is 2.40. The van der Waals surface area contributed by atoms with Crippen LogP contribution in [-0.2, 0) is 14.3 Å². The number of hydrogen-bond acceptors (Lipinski definition) is 6. The Kier molecular flexibility index (Phi) is 5.39. The number of urea groups is 1. The maximum Gasteiger partial charge on any atom is 0.514 e. The quantitative estimate of drug-likeness (QED) is 0.447. The molecule has 0 saturated heterocycles. The zero-order chi connectivity index (χ0) is 20.6. The molecule has 1 aromatic heterocycles. The standard InChI is InChI=1S/C18H14ClFN2O5S/c1-8(2)26-18(25)27-15(13-4-3-5-28-13)14-9-6-11(20)10(19)7-12(9)22(16(14)23)17(21)24/h3-8H,1-2H3,(H2,21,24)/b15-14-. The summed E-state index contributed by atoms with van der Waals surface area (Å²) >= 11 is 6.97. The van der Waals surface area contributed by atoms with Crippen LogP contribution in [0.4, 0.5) is 19.7 Å². The topological polar surface area (TPSA) is 98.9 Å². The van der Waals surface area contributed by atoms with Crippen molar-refractivity contribution in [2.24, 2.45) is 5.73 Å². The molecule has 146 valence electrons. The number of benzene rings is 1. The number of amides is 3. The summed E-state index contributed by atoms with van der Waals surface area (Å²) in [7, 11) is 0. The van der Waals surface area contributed by atoms with Crippen LogP contribution in [0.2, 0.25) is 5.02 Å². The van der Waals surface area contributed by atoms with Crippen molar-refractivity contribution in [3.8, 4) is 0 Å². The van der Waals surface area contributed by atoms with Crippen LogP contribution in [0.1, 0.15) is 24.3 Å². The number of anilines is 1. The number of nitrogens with zero attached hydrogens (tertiary/aromatic N) is 1. The van der Waals surface area contributed by atoms with Crippen molar-refractivity contribution >= 4 is 58.1 Å². The van der Waals surface area contributed by atoms with Crippen LogP contribution >= 0.6 is 22.9 Å². The minimum Gasteiger partial charge on any atom is -0.431 e. The first-order valence-corrected chi connectivity index (χ1v) is 9.26. The van der Waals surface area contributed by atoms with Crippen molar-refractivity contribution in [3.63, 3.8) is 0 Å². The lowest BCUT2D eigenvalue weighted by Crippen LogP contribution is -2.38. The van der Waals surface area contributed by atoms with Crippen LogP contribution in [0.5, 0.6) is 0 Å². The monoisotopic (exact) mass is 424 g/mol. The third kappa shape index (κ3) is 3.58. The molecule has 0 fully saturated rings. The van der Waals surface area contributed by atoms with Gasteiger partial charge in [0.2, 0.25) is 0 Å². The van der Waals surface area contributed by atoms with Crippen LogP contribution in [0.15, 0.2) is 29.6 Å². The number of ether oxygens (including phenoxy) is 2. The highest BCUT2D eigenvalue weighted by molar-refractivity contribution is 7.11. The Bertz CT molecular complexity index is 1000. The maximum atomic E-state index is 14.1. The van der Waals surface area contributed by atoms with Gasteiger partial charge in [-0.05, 0) is 37.4 Å². The Balaban J connectivity index is 2.25. The molecule has 0 unspecified atom stereocenters. The molecule has 0 radical (unpaired) electrons. The van der Waals surface area contributed by atoms with Gasteiger partial charge in [0.1, 0.15) is 5.82 Å². The molecule has 2 heterocycles. The van der Waals surface area contributed by atoms with Crippen LogP contribution in [0.25, 0.3) is 11.3 Å². The SMILES string of the molecule is CC(C)OC(=O)O/C(=C1\C(=O)N(C(N)=O)c2cc(Cl)c(F)cc21)c1cccs1. The van der Waals surface area contributed by atoms with Crippen molar-refractivity contribution in [1.82, 2.24) is 0 Å². The number of halogens is 2. The summed E-state index contributed by atoms with van der Waals surface area (Å²) in [5.74, 6) is -1.85. The van der Waals surface area contributed by atoms with Crippen molar-refractivity contribution < 1.29 is 28.2 Å². The van der Waals surface area contributed by atoms with E-state index in [-0.39, 0.29) is 27.6 Å². The smallest absolute Gasteiger partial charge is 0.431 e. The van der Waals surface area contributed by atoms with Gasteiger partial charge in [0.15, 0.2) is 5.76 Å². The predicted molar refractivity (Wildman–Crippen MR) is 102 cm³/mol. The van der Waals surface area contributed by atoms with Crippen LogP contribution < -0.4 is 10.6 Å². The zero-order valence-electron chi connectivity index (χ0n) is 14.7. The van der Waals surface area contributed by atoms with Crippen molar-refractivity contribution in [2.75, 3.05) is 4.90 Å². The second kappa shape index (κ2) is 7.61. The first kappa shape index (κ1) is 19.8. The minimum absolute atomic E-state index is 0.00576. The lowest BCUT2D eigenvalue weighted by Gasteiger charge is -2.13. The van der Waals surface area contributed by atoms with E-state index >= 15 is 0 Å². The molecule has 0 saturated carbocycles. The van der Waals surface area contributed by atoms with Gasteiger partial charge in [-0.25, -0.2) is 18.9 Å². The van der Waals surface area contributed by atoms with Crippen molar-refractivity contribution in [3.05, 3.63) is 50.9 Å². The van der Waals surface area contributed by atoms with Crippen molar-refractivity contribution in [1.29, 1.82) is 0 Å². The molecule has 2 aromatic rings. The Hall–Kier alpha value is -2.91. The van der Waals surface area contributed by atoms with Gasteiger partial charge < -0.3 is 15.2 Å². The van der Waals surface area contributed by atoms with E-state index in [2.05, 4.69) is 0 Å². The number of imide groups is 1. The van der Waals surface area contributed by atoms with E-state index < -0.39 is 30.0 Å². The first-order chi connectivity index (χ1) is 13.2. The average molecular weight is 425 g/mol. The van der Waals surface area contributed by atoms with Gasteiger partial charge in [-0.15, -0.1) is 11.3 Å². The van der Waals surface area contributed by atoms with Gasteiger partial charge >= 0.3 is 12.2 Å². The van der Waals surface area contributed by atoms with Gasteiger partial charge in [0.25, 0.3) is 5.91 Å². The Morgan fingerprint density at radius 3 is 2.61 bits per heavy atom. The lowest BCUT2D eigenvalue weighted by atomic mass is 10.0. The fourth-order valence-corrected chi connectivity index (χ4v) is 3.50. The van der Waals surface area contributed by atoms with Gasteiger partial charge in [-0.1, -0.05) is 17.7 Å². The van der Waals surface area contributed by atoms with E-state index in [1.54, 1.807) is 31.4 Å².